The summed E-state index contributed by atoms with van der Waals surface area (Å²) in [5.41, 5.74) is 0.329. The van der Waals surface area contributed by atoms with Gasteiger partial charge in [-0.05, 0) is 37.5 Å². The van der Waals surface area contributed by atoms with E-state index in [9.17, 15) is 10.1 Å². The standard InChI is InChI=1S/C17H22N2O3/c1-13-6-7-14(15(10-13)21-2)22-11-16(20)19-17(12-18)8-4-3-5-9-17/h6-7,10H,3-5,8-9,11H2,1-2H3,(H,19,20). The van der Waals surface area contributed by atoms with Crippen LogP contribution in [-0.2, 0) is 4.79 Å². The number of benzene rings is 1. The van der Waals surface area contributed by atoms with Gasteiger partial charge in [-0.3, -0.25) is 4.79 Å². The molecule has 1 amide bonds. The Morgan fingerprint density at radius 1 is 1.32 bits per heavy atom. The van der Waals surface area contributed by atoms with Gasteiger partial charge in [-0.1, -0.05) is 25.3 Å². The average molecular weight is 302 g/mol. The minimum Gasteiger partial charge on any atom is -0.493 e. The maximum absolute atomic E-state index is 12.1. The second-order valence-electron chi connectivity index (χ2n) is 5.75. The lowest BCUT2D eigenvalue weighted by atomic mass is 9.83. The molecule has 5 heteroatoms. The van der Waals surface area contributed by atoms with Crippen molar-refractivity contribution in [2.45, 2.75) is 44.6 Å². The Hall–Kier alpha value is -2.22. The van der Waals surface area contributed by atoms with Crippen LogP contribution in [0.5, 0.6) is 11.5 Å². The highest BCUT2D eigenvalue weighted by molar-refractivity contribution is 5.79. The summed E-state index contributed by atoms with van der Waals surface area (Å²) in [6.45, 7) is 1.83. The van der Waals surface area contributed by atoms with E-state index >= 15 is 0 Å². The highest BCUT2D eigenvalue weighted by atomic mass is 16.5. The third-order valence-electron chi connectivity index (χ3n) is 3.98. The van der Waals surface area contributed by atoms with Crippen LogP contribution in [0.3, 0.4) is 0 Å². The van der Waals surface area contributed by atoms with E-state index < -0.39 is 5.54 Å². The second-order valence-corrected chi connectivity index (χ2v) is 5.75. The van der Waals surface area contributed by atoms with Gasteiger partial charge in [0.15, 0.2) is 18.1 Å². The number of carbonyl (C=O) groups excluding carboxylic acids is 1. The number of nitriles is 1. The zero-order chi connectivity index (χ0) is 16.0. The SMILES string of the molecule is COc1cc(C)ccc1OCC(=O)NC1(C#N)CCCCC1. The predicted octanol–water partition coefficient (Wildman–Crippen LogP) is 2.73. The highest BCUT2D eigenvalue weighted by Crippen LogP contribution is 2.29. The number of ether oxygens (including phenoxy) is 2. The van der Waals surface area contributed by atoms with E-state index in [1.807, 2.05) is 19.1 Å². The van der Waals surface area contributed by atoms with E-state index in [0.717, 1.165) is 24.8 Å². The first kappa shape index (κ1) is 16.2. The number of carbonyl (C=O) groups is 1. The van der Waals surface area contributed by atoms with Gasteiger partial charge in [0.1, 0.15) is 5.54 Å². The van der Waals surface area contributed by atoms with Gasteiger partial charge >= 0.3 is 0 Å². The van der Waals surface area contributed by atoms with Crippen LogP contribution in [0.25, 0.3) is 0 Å². The third kappa shape index (κ3) is 3.91. The van der Waals surface area contributed by atoms with Gasteiger partial charge < -0.3 is 14.8 Å². The molecule has 0 unspecified atom stereocenters. The van der Waals surface area contributed by atoms with Crippen molar-refractivity contribution in [3.05, 3.63) is 23.8 Å². The molecule has 1 N–H and O–H groups in total. The minimum absolute atomic E-state index is 0.122. The van der Waals surface area contributed by atoms with E-state index in [1.54, 1.807) is 13.2 Å². The molecule has 1 aliphatic rings. The first-order valence-electron chi connectivity index (χ1n) is 7.58. The Bertz CT molecular complexity index is 572. The van der Waals surface area contributed by atoms with Crippen molar-refractivity contribution in [1.29, 1.82) is 5.26 Å². The third-order valence-corrected chi connectivity index (χ3v) is 3.98. The molecular formula is C17H22N2O3. The van der Waals surface area contributed by atoms with Crippen molar-refractivity contribution in [1.82, 2.24) is 5.32 Å². The van der Waals surface area contributed by atoms with Crippen LogP contribution < -0.4 is 14.8 Å². The molecule has 118 valence electrons. The molecule has 5 nitrogen and oxygen atoms in total. The van der Waals surface area contributed by atoms with Crippen molar-refractivity contribution < 1.29 is 14.3 Å². The molecule has 0 aromatic heterocycles. The molecule has 0 aliphatic heterocycles. The zero-order valence-corrected chi connectivity index (χ0v) is 13.1. The number of nitrogens with zero attached hydrogens (tertiary/aromatic N) is 1. The van der Waals surface area contributed by atoms with Crippen molar-refractivity contribution in [3.8, 4) is 17.6 Å². The second kappa shape index (κ2) is 7.17. The molecule has 22 heavy (non-hydrogen) atoms. The van der Waals surface area contributed by atoms with Crippen LogP contribution in [0.1, 0.15) is 37.7 Å². The number of aryl methyl sites for hydroxylation is 1. The van der Waals surface area contributed by atoms with Crippen LogP contribution in [0.15, 0.2) is 18.2 Å². The molecule has 1 saturated carbocycles. The fourth-order valence-electron chi connectivity index (χ4n) is 2.76. The summed E-state index contributed by atoms with van der Waals surface area (Å²) in [5, 5.41) is 12.2. The van der Waals surface area contributed by atoms with Crippen LogP contribution in [-0.4, -0.2) is 25.2 Å². The lowest BCUT2D eigenvalue weighted by molar-refractivity contribution is -0.124. The zero-order valence-electron chi connectivity index (χ0n) is 13.1. The van der Waals surface area contributed by atoms with E-state index in [-0.39, 0.29) is 12.5 Å². The molecule has 0 saturated heterocycles. The van der Waals surface area contributed by atoms with Crippen molar-refractivity contribution in [2.24, 2.45) is 0 Å². The molecule has 2 rings (SSSR count). The molecule has 0 spiro atoms. The Balaban J connectivity index is 1.94. The molecule has 0 atom stereocenters. The Kier molecular flexibility index (Phi) is 5.26. The van der Waals surface area contributed by atoms with Crippen LogP contribution in [0, 0.1) is 18.3 Å². The Morgan fingerprint density at radius 2 is 2.05 bits per heavy atom. The summed E-state index contributed by atoms with van der Waals surface area (Å²) in [5.74, 6) is 0.851. The quantitative estimate of drug-likeness (QED) is 0.907. The normalized spacial score (nSPS) is 16.4. The molecule has 1 aromatic rings. The van der Waals surface area contributed by atoms with Gasteiger partial charge in [-0.25, -0.2) is 0 Å². The van der Waals surface area contributed by atoms with E-state index in [2.05, 4.69) is 11.4 Å². The van der Waals surface area contributed by atoms with E-state index in [1.165, 1.54) is 0 Å². The molecule has 1 fully saturated rings. The lowest BCUT2D eigenvalue weighted by Crippen LogP contribution is -2.50. The molecule has 1 aliphatic carbocycles. The van der Waals surface area contributed by atoms with Gasteiger partial charge in [0.05, 0.1) is 13.2 Å². The topological polar surface area (TPSA) is 71.3 Å². The lowest BCUT2D eigenvalue weighted by Gasteiger charge is -2.31. The number of hydrogen-bond donors (Lipinski definition) is 1. The average Bonchev–Trinajstić information content (AvgIpc) is 2.54. The monoisotopic (exact) mass is 302 g/mol. The van der Waals surface area contributed by atoms with Gasteiger partial charge in [-0.15, -0.1) is 0 Å². The maximum atomic E-state index is 12.1. The van der Waals surface area contributed by atoms with Crippen molar-refractivity contribution >= 4 is 5.91 Å². The predicted molar refractivity (Wildman–Crippen MR) is 82.8 cm³/mol. The minimum atomic E-state index is -0.726. The van der Waals surface area contributed by atoms with E-state index in [4.69, 9.17) is 9.47 Å². The number of rotatable bonds is 5. The number of amides is 1. The van der Waals surface area contributed by atoms with Crippen LogP contribution in [0.4, 0.5) is 0 Å². The van der Waals surface area contributed by atoms with Crippen molar-refractivity contribution in [3.63, 3.8) is 0 Å². The van der Waals surface area contributed by atoms with Gasteiger partial charge in [0.25, 0.3) is 5.91 Å². The number of methoxy groups -OCH3 is 1. The summed E-state index contributed by atoms with van der Waals surface area (Å²) >= 11 is 0. The highest BCUT2D eigenvalue weighted by Gasteiger charge is 2.33. The Morgan fingerprint density at radius 3 is 2.68 bits per heavy atom. The number of hydrogen-bond acceptors (Lipinski definition) is 4. The van der Waals surface area contributed by atoms with Gasteiger partial charge in [-0.2, -0.15) is 5.26 Å². The fourth-order valence-corrected chi connectivity index (χ4v) is 2.76. The summed E-state index contributed by atoms with van der Waals surface area (Å²) < 4.78 is 10.8. The van der Waals surface area contributed by atoms with Gasteiger partial charge in [0, 0.05) is 0 Å². The van der Waals surface area contributed by atoms with Crippen LogP contribution >= 0.6 is 0 Å². The summed E-state index contributed by atoms with van der Waals surface area (Å²) in [6, 6.07) is 7.79. The van der Waals surface area contributed by atoms with Crippen LogP contribution in [0.2, 0.25) is 0 Å². The molecular weight excluding hydrogens is 280 g/mol. The molecule has 0 heterocycles. The molecule has 0 radical (unpaired) electrons. The smallest absolute Gasteiger partial charge is 0.259 e. The fraction of sp³-hybridized carbons (Fsp3) is 0.529. The van der Waals surface area contributed by atoms with Crippen molar-refractivity contribution in [2.75, 3.05) is 13.7 Å². The summed E-state index contributed by atoms with van der Waals surface area (Å²) in [7, 11) is 1.56. The molecule has 1 aromatic carbocycles. The summed E-state index contributed by atoms with van der Waals surface area (Å²) in [4.78, 5) is 12.1. The first-order valence-corrected chi connectivity index (χ1v) is 7.58. The first-order chi connectivity index (χ1) is 10.6. The Labute approximate surface area is 131 Å². The summed E-state index contributed by atoms with van der Waals surface area (Å²) in [6.07, 6.45) is 4.49. The largest absolute Gasteiger partial charge is 0.493 e. The molecule has 0 bridgehead atoms. The maximum Gasteiger partial charge on any atom is 0.259 e. The van der Waals surface area contributed by atoms with Gasteiger partial charge in [0.2, 0.25) is 0 Å². The number of nitrogens with one attached hydrogen (secondary N) is 1. The van der Waals surface area contributed by atoms with E-state index in [0.29, 0.717) is 24.3 Å².